The minimum atomic E-state index is -1.12. The van der Waals surface area contributed by atoms with E-state index >= 15 is 0 Å². The van der Waals surface area contributed by atoms with Crippen molar-refractivity contribution in [3.8, 4) is 0 Å². The maximum absolute atomic E-state index is 6.08. The molecular formula is C8H9ClN2Se2. The average Bonchev–Trinajstić information content (AvgIpc) is 2.42. The van der Waals surface area contributed by atoms with E-state index in [2.05, 4.69) is 41.2 Å². The van der Waals surface area contributed by atoms with Gasteiger partial charge in [-0.25, -0.2) is 0 Å². The molecule has 1 aromatic rings. The SMILES string of the molecule is CN(C)c1ccc2c(c1)[Se][Se](Cl)=N2. The molecule has 1 aliphatic heterocycles. The standard InChI is InChI=1S/C8H9ClN2Se2/c1-11(2)6-3-4-7-8(5-6)12-13(9)10-7/h3-5H,1-2H3. The van der Waals surface area contributed by atoms with Crippen LogP contribution in [-0.4, -0.2) is 38.2 Å². The van der Waals surface area contributed by atoms with Gasteiger partial charge < -0.3 is 0 Å². The van der Waals surface area contributed by atoms with Gasteiger partial charge in [-0.05, 0) is 0 Å². The maximum atomic E-state index is 6.08. The van der Waals surface area contributed by atoms with Gasteiger partial charge in [-0.15, -0.1) is 0 Å². The first-order valence-corrected chi connectivity index (χ1v) is 12.0. The molecule has 70 valence electrons. The van der Waals surface area contributed by atoms with Crippen LogP contribution >= 0.6 is 10.1 Å². The predicted octanol–water partition coefficient (Wildman–Crippen LogP) is 1.22. The van der Waals surface area contributed by atoms with Gasteiger partial charge in [0.1, 0.15) is 0 Å². The number of hydrogen-bond donors (Lipinski definition) is 0. The van der Waals surface area contributed by atoms with Crippen molar-refractivity contribution in [2.45, 2.75) is 0 Å². The molecule has 1 atom stereocenters. The summed E-state index contributed by atoms with van der Waals surface area (Å²) >= 11 is 0.433. The van der Waals surface area contributed by atoms with Gasteiger partial charge in [0.05, 0.1) is 0 Å². The van der Waals surface area contributed by atoms with Crippen molar-refractivity contribution in [1.29, 1.82) is 0 Å². The first-order chi connectivity index (χ1) is 6.16. The van der Waals surface area contributed by atoms with Gasteiger partial charge in [-0.3, -0.25) is 0 Å². The van der Waals surface area contributed by atoms with Crippen LogP contribution in [-0.2, 0) is 0 Å². The van der Waals surface area contributed by atoms with Crippen LogP contribution in [0.4, 0.5) is 11.4 Å². The molecule has 0 N–H and O–H groups in total. The molecule has 1 aromatic carbocycles. The molecule has 2 rings (SSSR count). The molecule has 0 aliphatic carbocycles. The third-order valence-electron chi connectivity index (χ3n) is 1.79. The van der Waals surface area contributed by atoms with E-state index in [4.69, 9.17) is 10.1 Å². The number of hydrogen-bond acceptors (Lipinski definition) is 2. The van der Waals surface area contributed by atoms with Crippen molar-refractivity contribution in [2.24, 2.45) is 3.96 Å². The van der Waals surface area contributed by atoms with E-state index in [9.17, 15) is 0 Å². The Morgan fingerprint density at radius 1 is 1.46 bits per heavy atom. The molecule has 0 saturated carbocycles. The zero-order valence-corrected chi connectivity index (χ0v) is 11.5. The van der Waals surface area contributed by atoms with E-state index in [1.165, 1.54) is 10.1 Å². The molecule has 0 saturated heterocycles. The second kappa shape index (κ2) is 3.72. The third kappa shape index (κ3) is 1.98. The average molecular weight is 327 g/mol. The van der Waals surface area contributed by atoms with Crippen LogP contribution in [0.3, 0.4) is 0 Å². The number of halogens is 1. The fourth-order valence-corrected chi connectivity index (χ4v) is 9.78. The summed E-state index contributed by atoms with van der Waals surface area (Å²) in [6.45, 7) is 0. The van der Waals surface area contributed by atoms with Gasteiger partial charge in [0, 0.05) is 0 Å². The molecule has 2 nitrogen and oxygen atoms in total. The van der Waals surface area contributed by atoms with Gasteiger partial charge in [-0.2, -0.15) is 0 Å². The molecule has 1 heterocycles. The molecule has 0 spiro atoms. The fraction of sp³-hybridized carbons (Fsp3) is 0.250. The Balaban J connectivity index is 2.40. The normalized spacial score (nSPS) is 19.5. The van der Waals surface area contributed by atoms with E-state index in [0.717, 1.165) is 5.69 Å². The Hall–Kier alpha value is 0.149. The minimum absolute atomic E-state index is 0.433. The number of nitrogens with zero attached hydrogens (tertiary/aromatic N) is 2. The molecule has 0 bridgehead atoms. The molecule has 0 amide bonds. The zero-order chi connectivity index (χ0) is 9.42. The summed E-state index contributed by atoms with van der Waals surface area (Å²) in [5, 5.41) is 0. The van der Waals surface area contributed by atoms with Gasteiger partial charge >= 0.3 is 91.2 Å². The zero-order valence-electron chi connectivity index (χ0n) is 7.32. The van der Waals surface area contributed by atoms with Crippen LogP contribution in [0.1, 0.15) is 0 Å². The Morgan fingerprint density at radius 2 is 2.23 bits per heavy atom. The van der Waals surface area contributed by atoms with Crippen LogP contribution in [0.2, 0.25) is 0 Å². The Bertz CT molecular complexity index is 376. The quantitative estimate of drug-likeness (QED) is 0.709. The summed E-state index contributed by atoms with van der Waals surface area (Å²) in [5.41, 5.74) is 2.37. The van der Waals surface area contributed by atoms with E-state index in [0.29, 0.717) is 13.1 Å². The molecule has 0 radical (unpaired) electrons. The van der Waals surface area contributed by atoms with Gasteiger partial charge in [0.2, 0.25) is 0 Å². The first kappa shape index (κ1) is 9.69. The first-order valence-electron chi connectivity index (χ1n) is 3.79. The molecule has 0 fully saturated rings. The van der Waals surface area contributed by atoms with Crippen molar-refractivity contribution < 1.29 is 0 Å². The number of benzene rings is 1. The van der Waals surface area contributed by atoms with Crippen molar-refractivity contribution in [3.05, 3.63) is 18.2 Å². The Kier molecular flexibility index (Phi) is 2.77. The molecular weight excluding hydrogens is 317 g/mol. The second-order valence-corrected chi connectivity index (χ2v) is 14.4. The molecule has 1 aliphatic rings. The van der Waals surface area contributed by atoms with E-state index in [1.807, 2.05) is 0 Å². The van der Waals surface area contributed by atoms with Gasteiger partial charge in [-0.1, -0.05) is 0 Å². The molecule has 5 heteroatoms. The predicted molar refractivity (Wildman–Crippen MR) is 59.9 cm³/mol. The summed E-state index contributed by atoms with van der Waals surface area (Å²) in [5.74, 6) is 0. The van der Waals surface area contributed by atoms with Gasteiger partial charge in [0.25, 0.3) is 0 Å². The molecule has 0 aromatic heterocycles. The number of rotatable bonds is 1. The fourth-order valence-electron chi connectivity index (χ4n) is 1.09. The monoisotopic (exact) mass is 328 g/mol. The Labute approximate surface area is 90.9 Å². The molecule has 13 heavy (non-hydrogen) atoms. The van der Waals surface area contributed by atoms with Crippen LogP contribution in [0.25, 0.3) is 0 Å². The molecule has 1 unspecified atom stereocenters. The van der Waals surface area contributed by atoms with E-state index in [1.54, 1.807) is 0 Å². The van der Waals surface area contributed by atoms with Crippen molar-refractivity contribution in [3.63, 3.8) is 0 Å². The van der Waals surface area contributed by atoms with Gasteiger partial charge in [0.15, 0.2) is 0 Å². The summed E-state index contributed by atoms with van der Waals surface area (Å²) in [7, 11) is 9.06. The second-order valence-electron chi connectivity index (χ2n) is 2.93. The topological polar surface area (TPSA) is 15.6 Å². The summed E-state index contributed by atoms with van der Waals surface area (Å²) in [6.07, 6.45) is 0. The third-order valence-corrected chi connectivity index (χ3v) is 10.2. The van der Waals surface area contributed by atoms with Crippen LogP contribution in [0, 0.1) is 0 Å². The van der Waals surface area contributed by atoms with E-state index < -0.39 is 11.0 Å². The van der Waals surface area contributed by atoms with Crippen molar-refractivity contribution in [1.82, 2.24) is 0 Å². The summed E-state index contributed by atoms with van der Waals surface area (Å²) in [4.78, 5) is 2.11. The summed E-state index contributed by atoms with van der Waals surface area (Å²) in [6, 6.07) is 6.39. The Morgan fingerprint density at radius 3 is 2.92 bits per heavy atom. The van der Waals surface area contributed by atoms with Crippen LogP contribution in [0.15, 0.2) is 22.2 Å². The number of anilines is 1. The van der Waals surface area contributed by atoms with Crippen molar-refractivity contribution in [2.75, 3.05) is 19.0 Å². The van der Waals surface area contributed by atoms with Crippen LogP contribution in [0.5, 0.6) is 0 Å². The van der Waals surface area contributed by atoms with Crippen molar-refractivity contribution >= 4 is 50.0 Å². The van der Waals surface area contributed by atoms with E-state index in [-0.39, 0.29) is 0 Å². The van der Waals surface area contributed by atoms with Crippen LogP contribution < -0.4 is 9.36 Å². The summed E-state index contributed by atoms with van der Waals surface area (Å²) < 4.78 is 5.83. The number of fused-ring (bicyclic) bond motifs is 1.